The van der Waals surface area contributed by atoms with Gasteiger partial charge in [-0.15, -0.1) is 0 Å². The van der Waals surface area contributed by atoms with E-state index in [-0.39, 0.29) is 5.60 Å². The monoisotopic (exact) mass is 174 g/mol. The predicted octanol–water partition coefficient (Wildman–Crippen LogP) is 2.51. The molecule has 2 atom stereocenters. The maximum Gasteiger partial charge on any atom is 0.0763 e. The van der Waals surface area contributed by atoms with E-state index < -0.39 is 0 Å². The van der Waals surface area contributed by atoms with Gasteiger partial charge in [0, 0.05) is 18.9 Å². The van der Waals surface area contributed by atoms with Crippen molar-refractivity contribution >= 4 is 0 Å². The van der Waals surface area contributed by atoms with Gasteiger partial charge in [0.05, 0.1) is 5.60 Å². The lowest BCUT2D eigenvalue weighted by atomic mass is 9.90. The van der Waals surface area contributed by atoms with Gasteiger partial charge >= 0.3 is 0 Å². The van der Waals surface area contributed by atoms with Gasteiger partial charge in [-0.05, 0) is 24.5 Å². The molecule has 1 aliphatic carbocycles. The topological polar surface area (TPSA) is 9.23 Å². The van der Waals surface area contributed by atoms with E-state index in [0.717, 1.165) is 13.0 Å². The third kappa shape index (κ3) is 0.910. The summed E-state index contributed by atoms with van der Waals surface area (Å²) in [7, 11) is 0. The first kappa shape index (κ1) is 7.57. The Labute approximate surface area is 78.7 Å². The summed E-state index contributed by atoms with van der Waals surface area (Å²) in [5.41, 5.74) is 3.14. The standard InChI is InChI=1S/C12H14O/c1-12-8-9-4-2-3-5-10(9)11(12)6-7-13-12/h2-5,11H,6-8H2,1H3/t11-,12+/m1/s1. The second kappa shape index (κ2) is 2.36. The summed E-state index contributed by atoms with van der Waals surface area (Å²) in [5, 5.41) is 0. The summed E-state index contributed by atoms with van der Waals surface area (Å²) in [6, 6.07) is 8.77. The number of fused-ring (bicyclic) bond motifs is 3. The molecule has 1 aromatic rings. The van der Waals surface area contributed by atoms with Crippen LogP contribution in [0.2, 0.25) is 0 Å². The zero-order valence-electron chi connectivity index (χ0n) is 7.92. The van der Waals surface area contributed by atoms with Crippen molar-refractivity contribution in [2.24, 2.45) is 0 Å². The number of benzene rings is 1. The third-order valence-electron chi connectivity index (χ3n) is 3.55. The average Bonchev–Trinajstić information content (AvgIpc) is 2.58. The average molecular weight is 174 g/mol. The van der Waals surface area contributed by atoms with Gasteiger partial charge in [0.15, 0.2) is 0 Å². The molecule has 0 bridgehead atoms. The summed E-state index contributed by atoms with van der Waals surface area (Å²) in [5.74, 6) is 0.656. The molecule has 0 N–H and O–H groups in total. The minimum absolute atomic E-state index is 0.115. The van der Waals surface area contributed by atoms with Crippen LogP contribution in [-0.4, -0.2) is 12.2 Å². The molecule has 0 radical (unpaired) electrons. The lowest BCUT2D eigenvalue weighted by Crippen LogP contribution is -2.26. The van der Waals surface area contributed by atoms with Crippen LogP contribution in [0.4, 0.5) is 0 Å². The molecule has 1 fully saturated rings. The van der Waals surface area contributed by atoms with Crippen LogP contribution in [0.3, 0.4) is 0 Å². The van der Waals surface area contributed by atoms with E-state index >= 15 is 0 Å². The van der Waals surface area contributed by atoms with E-state index in [0.29, 0.717) is 5.92 Å². The van der Waals surface area contributed by atoms with Crippen LogP contribution >= 0.6 is 0 Å². The van der Waals surface area contributed by atoms with Gasteiger partial charge in [-0.1, -0.05) is 24.3 Å². The van der Waals surface area contributed by atoms with Gasteiger partial charge in [0.2, 0.25) is 0 Å². The Kier molecular flexibility index (Phi) is 1.37. The lowest BCUT2D eigenvalue weighted by molar-refractivity contribution is 0.0188. The van der Waals surface area contributed by atoms with Gasteiger partial charge in [-0.2, -0.15) is 0 Å². The second-order valence-corrected chi connectivity index (χ2v) is 4.38. The highest BCUT2D eigenvalue weighted by molar-refractivity contribution is 5.40. The molecule has 68 valence electrons. The van der Waals surface area contributed by atoms with Gasteiger partial charge in [0.25, 0.3) is 0 Å². The van der Waals surface area contributed by atoms with Crippen molar-refractivity contribution in [1.82, 2.24) is 0 Å². The molecule has 1 heteroatoms. The van der Waals surface area contributed by atoms with E-state index in [1.807, 2.05) is 0 Å². The van der Waals surface area contributed by atoms with Crippen LogP contribution in [0.25, 0.3) is 0 Å². The van der Waals surface area contributed by atoms with Crippen molar-refractivity contribution in [1.29, 1.82) is 0 Å². The Hall–Kier alpha value is -0.820. The van der Waals surface area contributed by atoms with Crippen LogP contribution in [0.15, 0.2) is 24.3 Å². The minimum Gasteiger partial charge on any atom is -0.374 e. The molecule has 3 rings (SSSR count). The highest BCUT2D eigenvalue weighted by Crippen LogP contribution is 2.48. The van der Waals surface area contributed by atoms with Crippen molar-refractivity contribution in [2.45, 2.75) is 31.3 Å². The van der Waals surface area contributed by atoms with Gasteiger partial charge in [0.1, 0.15) is 0 Å². The quantitative estimate of drug-likeness (QED) is 0.587. The van der Waals surface area contributed by atoms with Gasteiger partial charge in [-0.3, -0.25) is 0 Å². The predicted molar refractivity (Wildman–Crippen MR) is 51.9 cm³/mol. The summed E-state index contributed by atoms with van der Waals surface area (Å²) in [6.45, 7) is 3.19. The van der Waals surface area contributed by atoms with Crippen molar-refractivity contribution in [2.75, 3.05) is 6.61 Å². The molecule has 0 saturated carbocycles. The van der Waals surface area contributed by atoms with E-state index in [1.54, 1.807) is 0 Å². The highest BCUT2D eigenvalue weighted by Gasteiger charge is 2.46. The fraction of sp³-hybridized carbons (Fsp3) is 0.500. The van der Waals surface area contributed by atoms with Gasteiger partial charge in [-0.25, -0.2) is 0 Å². The molecule has 1 aromatic carbocycles. The molecule has 1 aliphatic heterocycles. The number of rotatable bonds is 0. The second-order valence-electron chi connectivity index (χ2n) is 4.38. The molecule has 0 spiro atoms. The fourth-order valence-corrected chi connectivity index (χ4v) is 2.89. The van der Waals surface area contributed by atoms with Crippen molar-refractivity contribution < 1.29 is 4.74 Å². The fourth-order valence-electron chi connectivity index (χ4n) is 2.89. The van der Waals surface area contributed by atoms with E-state index in [4.69, 9.17) is 4.74 Å². The number of hydrogen-bond acceptors (Lipinski definition) is 1. The van der Waals surface area contributed by atoms with Crippen LogP contribution in [0.1, 0.15) is 30.4 Å². The molecule has 2 aliphatic rings. The maximum atomic E-state index is 5.85. The molecule has 1 heterocycles. The number of hydrogen-bond donors (Lipinski definition) is 0. The van der Waals surface area contributed by atoms with Crippen molar-refractivity contribution in [3.63, 3.8) is 0 Å². The molecular weight excluding hydrogens is 160 g/mol. The first-order valence-electron chi connectivity index (χ1n) is 5.01. The molecule has 13 heavy (non-hydrogen) atoms. The van der Waals surface area contributed by atoms with E-state index in [9.17, 15) is 0 Å². The Balaban J connectivity index is 2.13. The highest BCUT2D eigenvalue weighted by atomic mass is 16.5. The first-order chi connectivity index (χ1) is 6.30. The molecule has 0 aromatic heterocycles. The molecule has 1 nitrogen and oxygen atoms in total. The van der Waals surface area contributed by atoms with Crippen LogP contribution < -0.4 is 0 Å². The zero-order chi connectivity index (χ0) is 8.89. The Morgan fingerprint density at radius 2 is 2.23 bits per heavy atom. The summed E-state index contributed by atoms with van der Waals surface area (Å²) >= 11 is 0. The Morgan fingerprint density at radius 3 is 3.15 bits per heavy atom. The SMILES string of the molecule is C[C@]12Cc3ccccc3[C@H]1CCO2. The van der Waals surface area contributed by atoms with Crippen molar-refractivity contribution in [3.05, 3.63) is 35.4 Å². The number of ether oxygens (including phenoxy) is 1. The van der Waals surface area contributed by atoms with Crippen LogP contribution in [-0.2, 0) is 11.2 Å². The largest absolute Gasteiger partial charge is 0.374 e. The Morgan fingerprint density at radius 1 is 1.38 bits per heavy atom. The Bertz CT molecular complexity index is 345. The lowest BCUT2D eigenvalue weighted by Gasteiger charge is -2.22. The van der Waals surface area contributed by atoms with Crippen molar-refractivity contribution in [3.8, 4) is 0 Å². The summed E-state index contributed by atoms with van der Waals surface area (Å²) in [4.78, 5) is 0. The molecule has 0 unspecified atom stereocenters. The first-order valence-corrected chi connectivity index (χ1v) is 5.01. The molecule has 1 saturated heterocycles. The zero-order valence-corrected chi connectivity index (χ0v) is 7.92. The smallest absolute Gasteiger partial charge is 0.0763 e. The molecule has 0 amide bonds. The van der Waals surface area contributed by atoms with E-state index in [2.05, 4.69) is 31.2 Å². The van der Waals surface area contributed by atoms with E-state index in [1.165, 1.54) is 17.5 Å². The third-order valence-corrected chi connectivity index (χ3v) is 3.55. The summed E-state index contributed by atoms with van der Waals surface area (Å²) in [6.07, 6.45) is 2.31. The van der Waals surface area contributed by atoms with Crippen LogP contribution in [0, 0.1) is 0 Å². The van der Waals surface area contributed by atoms with Gasteiger partial charge < -0.3 is 4.74 Å². The maximum absolute atomic E-state index is 5.85. The van der Waals surface area contributed by atoms with Crippen LogP contribution in [0.5, 0.6) is 0 Å². The molecular formula is C12H14O. The normalized spacial score (nSPS) is 35.9. The summed E-state index contributed by atoms with van der Waals surface area (Å²) < 4.78 is 5.85. The minimum atomic E-state index is 0.115.